The van der Waals surface area contributed by atoms with Crippen molar-refractivity contribution in [1.82, 2.24) is 0 Å². The Morgan fingerprint density at radius 2 is 2.17 bits per heavy atom. The molecule has 2 aliphatic carbocycles. The maximum Gasteiger partial charge on any atom is 0.282 e. The van der Waals surface area contributed by atoms with Gasteiger partial charge >= 0.3 is 0 Å². The van der Waals surface area contributed by atoms with Crippen LogP contribution in [0.25, 0.3) is 0 Å². The van der Waals surface area contributed by atoms with E-state index in [1.165, 1.54) is 12.0 Å². The maximum atomic E-state index is 11.0. The van der Waals surface area contributed by atoms with Gasteiger partial charge in [-0.3, -0.25) is 10.1 Å². The van der Waals surface area contributed by atoms with Gasteiger partial charge in [-0.05, 0) is 24.8 Å². The molecule has 2 bridgehead atoms. The summed E-state index contributed by atoms with van der Waals surface area (Å²) in [4.78, 5) is 11.9. The number of para-hydroxylation sites is 1. The summed E-state index contributed by atoms with van der Waals surface area (Å²) < 4.78 is 0. The lowest BCUT2D eigenvalue weighted by Crippen LogP contribution is -2.23. The Morgan fingerprint density at radius 3 is 2.83 bits per heavy atom. The first-order valence-corrected chi connectivity index (χ1v) is 7.71. The van der Waals surface area contributed by atoms with Crippen LogP contribution in [-0.4, -0.2) is 15.0 Å². The van der Waals surface area contributed by atoms with Gasteiger partial charge in [0.15, 0.2) is 0 Å². The molecule has 0 saturated heterocycles. The number of allylic oxidation sites excluding steroid dienone is 1. The molecule has 94 valence electrons. The van der Waals surface area contributed by atoms with Crippen molar-refractivity contribution < 1.29 is 4.92 Å². The van der Waals surface area contributed by atoms with Gasteiger partial charge in [0.2, 0.25) is 0 Å². The summed E-state index contributed by atoms with van der Waals surface area (Å²) in [7, 11) is 0. The second kappa shape index (κ2) is 4.70. The SMILES string of the molecule is O=[N+]([O-])c1ccccc1S[C@@H]1C2=C[C@@H](CC2)[C@@H]1Br. The fraction of sp³-hybridized carbons (Fsp3) is 0.385. The number of hydrogen-bond donors (Lipinski definition) is 0. The number of fused-ring (bicyclic) bond motifs is 1. The molecule has 0 spiro atoms. The smallest absolute Gasteiger partial charge is 0.258 e. The lowest BCUT2D eigenvalue weighted by atomic mass is 9.99. The van der Waals surface area contributed by atoms with Crippen LogP contribution in [0.5, 0.6) is 0 Å². The Kier molecular flexibility index (Phi) is 3.20. The van der Waals surface area contributed by atoms with E-state index in [-0.39, 0.29) is 10.6 Å². The van der Waals surface area contributed by atoms with Crippen LogP contribution < -0.4 is 0 Å². The van der Waals surface area contributed by atoms with Crippen molar-refractivity contribution in [2.75, 3.05) is 0 Å². The van der Waals surface area contributed by atoms with Crippen molar-refractivity contribution in [1.29, 1.82) is 0 Å². The van der Waals surface area contributed by atoms with E-state index in [2.05, 4.69) is 22.0 Å². The lowest BCUT2D eigenvalue weighted by Gasteiger charge is -2.25. The molecule has 0 N–H and O–H groups in total. The number of benzene rings is 1. The van der Waals surface area contributed by atoms with Crippen LogP contribution in [0.15, 0.2) is 40.8 Å². The molecule has 3 nitrogen and oxygen atoms in total. The van der Waals surface area contributed by atoms with Crippen LogP contribution in [0.2, 0.25) is 0 Å². The molecule has 1 aromatic carbocycles. The van der Waals surface area contributed by atoms with E-state index in [9.17, 15) is 10.1 Å². The summed E-state index contributed by atoms with van der Waals surface area (Å²) in [6, 6.07) is 7.00. The summed E-state index contributed by atoms with van der Waals surface area (Å²) in [5.41, 5.74) is 1.66. The second-order valence-corrected chi connectivity index (χ2v) is 6.89. The summed E-state index contributed by atoms with van der Waals surface area (Å²) >= 11 is 5.36. The van der Waals surface area contributed by atoms with Crippen molar-refractivity contribution in [3.63, 3.8) is 0 Å². The van der Waals surface area contributed by atoms with Crippen LogP contribution in [0.1, 0.15) is 12.8 Å². The Balaban J connectivity index is 1.85. The molecule has 18 heavy (non-hydrogen) atoms. The summed E-state index contributed by atoms with van der Waals surface area (Å²) in [6.07, 6.45) is 4.70. The van der Waals surface area contributed by atoms with Gasteiger partial charge in [-0.15, -0.1) is 11.8 Å². The first-order valence-electron chi connectivity index (χ1n) is 5.91. The summed E-state index contributed by atoms with van der Waals surface area (Å²) in [6.45, 7) is 0. The number of halogens is 1. The molecular formula is C13H12BrNO2S. The zero-order chi connectivity index (χ0) is 12.7. The van der Waals surface area contributed by atoms with Gasteiger partial charge in [0.05, 0.1) is 9.82 Å². The Bertz CT molecular complexity index is 531. The molecule has 0 unspecified atom stereocenters. The van der Waals surface area contributed by atoms with Crippen LogP contribution in [-0.2, 0) is 0 Å². The van der Waals surface area contributed by atoms with E-state index in [0.717, 1.165) is 11.3 Å². The Hall–Kier alpha value is -0.810. The monoisotopic (exact) mass is 325 g/mol. The van der Waals surface area contributed by atoms with Crippen LogP contribution >= 0.6 is 27.7 Å². The molecule has 2 aliphatic rings. The third kappa shape index (κ3) is 1.99. The third-order valence-electron chi connectivity index (χ3n) is 3.57. The van der Waals surface area contributed by atoms with Gasteiger partial charge in [0.1, 0.15) is 0 Å². The molecule has 3 rings (SSSR count). The highest BCUT2D eigenvalue weighted by atomic mass is 79.9. The van der Waals surface area contributed by atoms with Crippen LogP contribution in [0.4, 0.5) is 5.69 Å². The van der Waals surface area contributed by atoms with E-state index in [4.69, 9.17) is 0 Å². The van der Waals surface area contributed by atoms with E-state index in [1.54, 1.807) is 23.9 Å². The Morgan fingerprint density at radius 1 is 1.39 bits per heavy atom. The second-order valence-electron chi connectivity index (χ2n) is 4.65. The number of thioether (sulfide) groups is 1. The first kappa shape index (κ1) is 12.2. The molecule has 0 saturated carbocycles. The van der Waals surface area contributed by atoms with Gasteiger partial charge < -0.3 is 0 Å². The fourth-order valence-electron chi connectivity index (χ4n) is 2.68. The highest BCUT2D eigenvalue weighted by Gasteiger charge is 2.41. The number of nitro benzene ring substituents is 1. The Labute approximate surface area is 118 Å². The van der Waals surface area contributed by atoms with Gasteiger partial charge in [0, 0.05) is 16.1 Å². The summed E-state index contributed by atoms with van der Waals surface area (Å²) in [5.74, 6) is 0.611. The molecule has 0 amide bonds. The van der Waals surface area contributed by atoms with E-state index < -0.39 is 0 Å². The van der Waals surface area contributed by atoms with Crippen LogP contribution in [0, 0.1) is 16.0 Å². The molecule has 0 aromatic heterocycles. The largest absolute Gasteiger partial charge is 0.282 e. The molecule has 5 heteroatoms. The standard InChI is InChI=1S/C13H12BrNO2S/c14-12-8-5-6-9(7-8)13(12)18-11-4-2-1-3-10(11)15(16)17/h1-4,7-8,12-13H,5-6H2/t8-,12+,13-/m1/s1. The quantitative estimate of drug-likeness (QED) is 0.362. The minimum atomic E-state index is -0.298. The number of alkyl halides is 1. The predicted octanol–water partition coefficient (Wildman–Crippen LogP) is 4.17. The average Bonchev–Trinajstić information content (AvgIpc) is 2.93. The minimum Gasteiger partial charge on any atom is -0.258 e. The van der Waals surface area contributed by atoms with E-state index in [0.29, 0.717) is 16.0 Å². The third-order valence-corrected chi connectivity index (χ3v) is 6.58. The molecule has 0 fully saturated rings. The topological polar surface area (TPSA) is 43.1 Å². The first-order chi connectivity index (χ1) is 8.66. The van der Waals surface area contributed by atoms with Crippen molar-refractivity contribution in [2.45, 2.75) is 27.8 Å². The molecule has 0 radical (unpaired) electrons. The number of nitrogens with zero attached hydrogens (tertiary/aromatic N) is 1. The number of rotatable bonds is 3. The molecule has 3 atom stereocenters. The minimum absolute atomic E-state index is 0.213. The van der Waals surface area contributed by atoms with Crippen molar-refractivity contribution >= 4 is 33.4 Å². The molecule has 1 aromatic rings. The highest BCUT2D eigenvalue weighted by Crippen LogP contribution is 2.50. The normalized spacial score (nSPS) is 29.4. The van der Waals surface area contributed by atoms with Crippen LogP contribution in [0.3, 0.4) is 0 Å². The molecule has 0 heterocycles. The highest BCUT2D eigenvalue weighted by molar-refractivity contribution is 9.09. The maximum absolute atomic E-state index is 11.0. The number of nitro groups is 1. The van der Waals surface area contributed by atoms with Gasteiger partial charge in [-0.25, -0.2) is 0 Å². The van der Waals surface area contributed by atoms with Gasteiger partial charge in [-0.2, -0.15) is 0 Å². The van der Waals surface area contributed by atoms with Crippen molar-refractivity contribution in [3.05, 3.63) is 46.0 Å². The zero-order valence-electron chi connectivity index (χ0n) is 9.58. The fourth-order valence-corrected chi connectivity index (χ4v) is 5.13. The van der Waals surface area contributed by atoms with Crippen molar-refractivity contribution in [2.24, 2.45) is 5.92 Å². The molecule has 0 aliphatic heterocycles. The van der Waals surface area contributed by atoms with Crippen molar-refractivity contribution in [3.8, 4) is 0 Å². The van der Waals surface area contributed by atoms with Gasteiger partial charge in [-0.1, -0.05) is 39.7 Å². The summed E-state index contributed by atoms with van der Waals surface area (Å²) in [5, 5.41) is 11.4. The van der Waals surface area contributed by atoms with E-state index in [1.807, 2.05) is 12.1 Å². The lowest BCUT2D eigenvalue weighted by molar-refractivity contribution is -0.387. The van der Waals surface area contributed by atoms with Gasteiger partial charge in [0.25, 0.3) is 5.69 Å². The average molecular weight is 326 g/mol. The zero-order valence-corrected chi connectivity index (χ0v) is 12.0. The van der Waals surface area contributed by atoms with E-state index >= 15 is 0 Å². The molecular weight excluding hydrogens is 314 g/mol. The predicted molar refractivity (Wildman–Crippen MR) is 76.3 cm³/mol. The number of hydrogen-bond acceptors (Lipinski definition) is 3.